The molecule has 29 heavy (non-hydrogen) atoms. The third-order valence-electron chi connectivity index (χ3n) is 5.37. The summed E-state index contributed by atoms with van der Waals surface area (Å²) >= 11 is 2.14. The number of hydrogen-bond donors (Lipinski definition) is 1. The summed E-state index contributed by atoms with van der Waals surface area (Å²) < 4.78 is 17.3. The summed E-state index contributed by atoms with van der Waals surface area (Å²) in [5, 5.41) is 10.0. The minimum absolute atomic E-state index is 0.212. The number of phenols is 1. The van der Waals surface area contributed by atoms with Crippen molar-refractivity contribution in [2.24, 2.45) is 0 Å². The minimum Gasteiger partial charge on any atom is -0.504 e. The highest BCUT2D eigenvalue weighted by molar-refractivity contribution is 14.1. The maximum atomic E-state index is 10.0. The second-order valence-corrected chi connectivity index (χ2v) is 8.45. The Morgan fingerprint density at radius 2 is 1.52 bits per heavy atom. The molecule has 6 nitrogen and oxygen atoms in total. The molecule has 1 aliphatic rings. The van der Waals surface area contributed by atoms with Gasteiger partial charge in [-0.3, -0.25) is 9.80 Å². The van der Waals surface area contributed by atoms with Crippen molar-refractivity contribution in [2.75, 3.05) is 47.5 Å². The molecule has 0 bridgehead atoms. The molecule has 1 N–H and O–H groups in total. The maximum absolute atomic E-state index is 10.0. The van der Waals surface area contributed by atoms with Gasteiger partial charge in [-0.1, -0.05) is 12.1 Å². The Morgan fingerprint density at radius 1 is 0.897 bits per heavy atom. The molecule has 7 heteroatoms. The van der Waals surface area contributed by atoms with Crippen molar-refractivity contribution in [1.82, 2.24) is 9.80 Å². The van der Waals surface area contributed by atoms with E-state index in [0.29, 0.717) is 5.75 Å². The van der Waals surface area contributed by atoms with Gasteiger partial charge in [0.1, 0.15) is 0 Å². The zero-order valence-corrected chi connectivity index (χ0v) is 19.7. The van der Waals surface area contributed by atoms with Crippen molar-refractivity contribution < 1.29 is 19.3 Å². The van der Waals surface area contributed by atoms with Gasteiger partial charge in [0, 0.05) is 44.8 Å². The molecule has 0 radical (unpaired) electrons. The quantitative estimate of drug-likeness (QED) is 0.572. The summed E-state index contributed by atoms with van der Waals surface area (Å²) in [6, 6.07) is 8.17. The zero-order valence-electron chi connectivity index (χ0n) is 17.5. The van der Waals surface area contributed by atoms with Crippen LogP contribution >= 0.6 is 22.6 Å². The van der Waals surface area contributed by atoms with Crippen LogP contribution in [-0.4, -0.2) is 62.4 Å². The average Bonchev–Trinajstić information content (AvgIpc) is 2.72. The molecule has 2 aromatic rings. The molecule has 1 saturated heterocycles. The van der Waals surface area contributed by atoms with Crippen LogP contribution in [0.3, 0.4) is 0 Å². The second kappa shape index (κ2) is 9.86. The Bertz CT molecular complexity index is 851. The average molecular weight is 512 g/mol. The summed E-state index contributed by atoms with van der Waals surface area (Å²) in [5.41, 5.74) is 3.39. The highest BCUT2D eigenvalue weighted by atomic mass is 127. The van der Waals surface area contributed by atoms with Crippen molar-refractivity contribution in [2.45, 2.75) is 20.0 Å². The molecular formula is C22H29IN2O4. The Hall–Kier alpha value is -1.71. The first-order valence-electron chi connectivity index (χ1n) is 9.67. The summed E-state index contributed by atoms with van der Waals surface area (Å²) in [7, 11) is 4.97. The third-order valence-corrected chi connectivity index (χ3v) is 6.19. The first-order valence-corrected chi connectivity index (χ1v) is 10.7. The Morgan fingerprint density at radius 3 is 2.10 bits per heavy atom. The predicted molar refractivity (Wildman–Crippen MR) is 122 cm³/mol. The maximum Gasteiger partial charge on any atom is 0.171 e. The second-order valence-electron chi connectivity index (χ2n) is 7.29. The number of hydrogen-bond acceptors (Lipinski definition) is 6. The smallest absolute Gasteiger partial charge is 0.171 e. The lowest BCUT2D eigenvalue weighted by Gasteiger charge is -2.35. The number of rotatable bonds is 7. The number of aromatic hydroxyl groups is 1. The summed E-state index contributed by atoms with van der Waals surface area (Å²) in [6.45, 7) is 7.69. The van der Waals surface area contributed by atoms with Gasteiger partial charge in [0.15, 0.2) is 23.0 Å². The standard InChI is InChI=1S/C22H29IN2O4/c1-15-5-6-17(22(29-4)21(15)28-3)14-25-9-7-24(8-10-25)13-16-11-18(23)20(26)19(12-16)27-2/h5-6,11-12,26H,7-10,13-14H2,1-4H3. The fourth-order valence-electron chi connectivity index (χ4n) is 3.78. The SMILES string of the molecule is COc1cc(CN2CCN(Cc3ccc(C)c(OC)c3OC)CC2)cc(I)c1O. The molecule has 0 aliphatic carbocycles. The Kier molecular flexibility index (Phi) is 7.48. The molecule has 0 unspecified atom stereocenters. The van der Waals surface area contributed by atoms with Gasteiger partial charge in [-0.25, -0.2) is 0 Å². The molecular weight excluding hydrogens is 483 g/mol. The van der Waals surface area contributed by atoms with E-state index in [1.54, 1.807) is 21.3 Å². The Balaban J connectivity index is 1.61. The van der Waals surface area contributed by atoms with Crippen molar-refractivity contribution in [3.8, 4) is 23.0 Å². The number of phenolic OH excluding ortho intramolecular Hbond substituents is 1. The van der Waals surface area contributed by atoms with E-state index in [9.17, 15) is 5.11 Å². The number of ether oxygens (including phenoxy) is 3. The summed E-state index contributed by atoms with van der Waals surface area (Å²) in [4.78, 5) is 4.88. The van der Waals surface area contributed by atoms with Crippen molar-refractivity contribution in [1.29, 1.82) is 0 Å². The van der Waals surface area contributed by atoms with Gasteiger partial charge in [-0.2, -0.15) is 0 Å². The molecule has 1 aliphatic heterocycles. The lowest BCUT2D eigenvalue weighted by atomic mass is 10.1. The lowest BCUT2D eigenvalue weighted by Crippen LogP contribution is -2.45. The van der Waals surface area contributed by atoms with Gasteiger partial charge in [0.05, 0.1) is 24.9 Å². The van der Waals surface area contributed by atoms with Crippen LogP contribution < -0.4 is 14.2 Å². The van der Waals surface area contributed by atoms with Gasteiger partial charge in [-0.05, 0) is 52.8 Å². The normalized spacial score (nSPS) is 15.3. The van der Waals surface area contributed by atoms with E-state index in [1.165, 1.54) is 0 Å². The Labute approximate surface area is 186 Å². The number of halogens is 1. The number of benzene rings is 2. The van der Waals surface area contributed by atoms with Crippen LogP contribution in [0.1, 0.15) is 16.7 Å². The van der Waals surface area contributed by atoms with Crippen LogP contribution in [-0.2, 0) is 13.1 Å². The molecule has 0 spiro atoms. The van der Waals surface area contributed by atoms with E-state index in [4.69, 9.17) is 14.2 Å². The summed E-state index contributed by atoms with van der Waals surface area (Å²) in [6.07, 6.45) is 0. The molecule has 0 aromatic heterocycles. The van der Waals surface area contributed by atoms with Gasteiger partial charge < -0.3 is 19.3 Å². The molecule has 1 fully saturated rings. The predicted octanol–water partition coefficient (Wildman–Crippen LogP) is 3.65. The van der Waals surface area contributed by atoms with Crippen molar-refractivity contribution >= 4 is 22.6 Å². The first kappa shape index (κ1) is 22.0. The molecule has 0 saturated carbocycles. The van der Waals surface area contributed by atoms with E-state index < -0.39 is 0 Å². The van der Waals surface area contributed by atoms with E-state index in [-0.39, 0.29) is 5.75 Å². The van der Waals surface area contributed by atoms with E-state index >= 15 is 0 Å². The molecule has 1 heterocycles. The topological polar surface area (TPSA) is 54.4 Å². The van der Waals surface area contributed by atoms with Crippen LogP contribution in [0.4, 0.5) is 0 Å². The molecule has 2 aromatic carbocycles. The number of nitrogens with zero attached hydrogens (tertiary/aromatic N) is 2. The monoisotopic (exact) mass is 512 g/mol. The first-order chi connectivity index (χ1) is 14.0. The van der Waals surface area contributed by atoms with Crippen molar-refractivity contribution in [3.63, 3.8) is 0 Å². The lowest BCUT2D eigenvalue weighted by molar-refractivity contribution is 0.121. The van der Waals surface area contributed by atoms with Crippen LogP contribution in [0.2, 0.25) is 0 Å². The highest BCUT2D eigenvalue weighted by Gasteiger charge is 2.21. The molecule has 0 atom stereocenters. The van der Waals surface area contributed by atoms with E-state index in [2.05, 4.69) is 44.5 Å². The van der Waals surface area contributed by atoms with E-state index in [1.807, 2.05) is 19.1 Å². The fraction of sp³-hybridized carbons (Fsp3) is 0.455. The van der Waals surface area contributed by atoms with Crippen LogP contribution in [0, 0.1) is 10.5 Å². The molecule has 0 amide bonds. The highest BCUT2D eigenvalue weighted by Crippen LogP contribution is 2.35. The third kappa shape index (κ3) is 5.07. The zero-order chi connectivity index (χ0) is 21.0. The van der Waals surface area contributed by atoms with Gasteiger partial charge in [0.2, 0.25) is 0 Å². The molecule has 3 rings (SSSR count). The van der Waals surface area contributed by atoms with Crippen molar-refractivity contribution in [3.05, 3.63) is 44.5 Å². The number of piperazine rings is 1. The largest absolute Gasteiger partial charge is 0.504 e. The van der Waals surface area contributed by atoms with Gasteiger partial charge in [-0.15, -0.1) is 0 Å². The fourth-order valence-corrected chi connectivity index (χ4v) is 4.45. The van der Waals surface area contributed by atoms with E-state index in [0.717, 1.165) is 71.0 Å². The van der Waals surface area contributed by atoms with Crippen LogP contribution in [0.15, 0.2) is 24.3 Å². The van der Waals surface area contributed by atoms with Gasteiger partial charge in [0.25, 0.3) is 0 Å². The molecule has 158 valence electrons. The van der Waals surface area contributed by atoms with Gasteiger partial charge >= 0.3 is 0 Å². The number of methoxy groups -OCH3 is 3. The minimum atomic E-state index is 0.212. The number of aryl methyl sites for hydroxylation is 1. The van der Waals surface area contributed by atoms with Crippen LogP contribution in [0.25, 0.3) is 0 Å². The summed E-state index contributed by atoms with van der Waals surface area (Å²) in [5.74, 6) is 2.40. The van der Waals surface area contributed by atoms with Crippen LogP contribution in [0.5, 0.6) is 23.0 Å².